The molecule has 5 aromatic carbocycles. The Morgan fingerprint density at radius 3 is 2.10 bits per heavy atom. The van der Waals surface area contributed by atoms with Crippen molar-refractivity contribution in [3.8, 4) is 11.1 Å². The van der Waals surface area contributed by atoms with Crippen LogP contribution in [0.3, 0.4) is 0 Å². The van der Waals surface area contributed by atoms with Crippen LogP contribution in [-0.4, -0.2) is 0 Å². The molecule has 3 aliphatic carbocycles. The second kappa shape index (κ2) is 8.81. The van der Waals surface area contributed by atoms with Gasteiger partial charge in [0.2, 0.25) is 0 Å². The molecule has 0 bridgehead atoms. The average molecular weight is 525 g/mol. The molecule has 1 aromatic heterocycles. The number of hydrogen-bond acceptors (Lipinski definition) is 1. The third-order valence-electron chi connectivity index (χ3n) is 9.32. The molecular weight excluding hydrogens is 496 g/mol. The van der Waals surface area contributed by atoms with E-state index in [0.717, 1.165) is 24.2 Å². The van der Waals surface area contributed by atoms with Crippen LogP contribution in [0.15, 0.2) is 126 Å². The predicted octanol–water partition coefficient (Wildman–Crippen LogP) is 10.7. The standard InChI is InChI=1S/C40H28O/c1-2-12-27-25(11-1)23-36(29-14-4-3-13-28(27)29)40-34-18-7-5-16-32(34)39(33-17-6-8-19-35(33)40)26-21-22-31-30-15-9-10-20-37(30)41-38(31)24-26/h1-8,10-14,16-24,28-29H,9,15H2. The van der Waals surface area contributed by atoms with Crippen molar-refractivity contribution in [2.75, 3.05) is 0 Å². The lowest BCUT2D eigenvalue weighted by molar-refractivity contribution is 0.595. The number of rotatable bonds is 2. The van der Waals surface area contributed by atoms with E-state index in [1.807, 2.05) is 0 Å². The molecule has 0 aliphatic heterocycles. The van der Waals surface area contributed by atoms with Gasteiger partial charge in [-0.05, 0) is 79.9 Å². The number of benzene rings is 5. The van der Waals surface area contributed by atoms with Crippen molar-refractivity contribution < 1.29 is 4.42 Å². The van der Waals surface area contributed by atoms with Crippen molar-refractivity contribution >= 4 is 50.2 Å². The van der Waals surface area contributed by atoms with Gasteiger partial charge < -0.3 is 4.42 Å². The molecule has 0 amide bonds. The molecule has 1 heteroatoms. The molecular formula is C40H28O. The highest BCUT2D eigenvalue weighted by Gasteiger charge is 2.32. The van der Waals surface area contributed by atoms with Gasteiger partial charge in [-0.1, -0.05) is 121 Å². The summed E-state index contributed by atoms with van der Waals surface area (Å²) >= 11 is 0. The van der Waals surface area contributed by atoms with Gasteiger partial charge in [0.15, 0.2) is 0 Å². The summed E-state index contributed by atoms with van der Waals surface area (Å²) in [5.74, 6) is 1.66. The van der Waals surface area contributed by atoms with Crippen LogP contribution in [0.5, 0.6) is 0 Å². The Balaban J connectivity index is 1.35. The van der Waals surface area contributed by atoms with Gasteiger partial charge in [-0.3, -0.25) is 0 Å². The Morgan fingerprint density at radius 2 is 1.32 bits per heavy atom. The molecule has 1 heterocycles. The molecule has 1 nitrogen and oxygen atoms in total. The minimum Gasteiger partial charge on any atom is -0.456 e. The minimum absolute atomic E-state index is 0.298. The molecule has 2 unspecified atom stereocenters. The van der Waals surface area contributed by atoms with Crippen LogP contribution in [0.1, 0.15) is 40.4 Å². The predicted molar refractivity (Wildman–Crippen MR) is 173 cm³/mol. The van der Waals surface area contributed by atoms with E-state index in [2.05, 4.69) is 134 Å². The number of aryl methyl sites for hydroxylation is 1. The molecule has 0 radical (unpaired) electrons. The zero-order valence-corrected chi connectivity index (χ0v) is 22.7. The Morgan fingerprint density at radius 1 is 0.634 bits per heavy atom. The minimum atomic E-state index is 0.298. The molecule has 2 atom stereocenters. The number of hydrogen-bond donors (Lipinski definition) is 0. The van der Waals surface area contributed by atoms with E-state index in [0.29, 0.717) is 11.8 Å². The monoisotopic (exact) mass is 524 g/mol. The largest absolute Gasteiger partial charge is 0.456 e. The summed E-state index contributed by atoms with van der Waals surface area (Å²) in [4.78, 5) is 0. The second-order valence-corrected chi connectivity index (χ2v) is 11.5. The zero-order chi connectivity index (χ0) is 26.9. The summed E-state index contributed by atoms with van der Waals surface area (Å²) in [5, 5.41) is 6.41. The van der Waals surface area contributed by atoms with E-state index >= 15 is 0 Å². The van der Waals surface area contributed by atoms with E-state index in [4.69, 9.17) is 4.42 Å². The van der Waals surface area contributed by atoms with Crippen LogP contribution in [-0.2, 0) is 6.42 Å². The maximum Gasteiger partial charge on any atom is 0.135 e. The first kappa shape index (κ1) is 22.9. The Bertz CT molecular complexity index is 2110. The van der Waals surface area contributed by atoms with E-state index < -0.39 is 0 Å². The molecule has 9 rings (SSSR count). The molecule has 0 spiro atoms. The van der Waals surface area contributed by atoms with Crippen LogP contribution in [0, 0.1) is 5.92 Å². The number of allylic oxidation sites excluding steroid dienone is 6. The van der Waals surface area contributed by atoms with Crippen LogP contribution < -0.4 is 0 Å². The highest BCUT2D eigenvalue weighted by Crippen LogP contribution is 2.50. The van der Waals surface area contributed by atoms with Crippen LogP contribution in [0.25, 0.3) is 61.4 Å². The van der Waals surface area contributed by atoms with Gasteiger partial charge in [0, 0.05) is 22.8 Å². The third kappa shape index (κ3) is 3.36. The van der Waals surface area contributed by atoms with Gasteiger partial charge >= 0.3 is 0 Å². The molecule has 41 heavy (non-hydrogen) atoms. The first-order valence-corrected chi connectivity index (χ1v) is 14.7. The molecule has 3 aliphatic rings. The van der Waals surface area contributed by atoms with Gasteiger partial charge in [0.05, 0.1) is 0 Å². The summed E-state index contributed by atoms with van der Waals surface area (Å²) in [6.07, 6.45) is 18.1. The summed E-state index contributed by atoms with van der Waals surface area (Å²) in [7, 11) is 0. The summed E-state index contributed by atoms with van der Waals surface area (Å²) < 4.78 is 6.38. The fraction of sp³-hybridized carbons (Fsp3) is 0.100. The van der Waals surface area contributed by atoms with E-state index in [1.165, 1.54) is 65.9 Å². The van der Waals surface area contributed by atoms with Crippen LogP contribution >= 0.6 is 0 Å². The fourth-order valence-electron chi connectivity index (χ4n) is 7.54. The molecule has 0 N–H and O–H groups in total. The fourth-order valence-corrected chi connectivity index (χ4v) is 7.54. The van der Waals surface area contributed by atoms with Gasteiger partial charge in [-0.2, -0.15) is 0 Å². The van der Waals surface area contributed by atoms with Gasteiger partial charge in [-0.15, -0.1) is 0 Å². The zero-order valence-electron chi connectivity index (χ0n) is 22.7. The molecule has 0 fully saturated rings. The first-order valence-electron chi connectivity index (χ1n) is 14.7. The molecule has 194 valence electrons. The van der Waals surface area contributed by atoms with Gasteiger partial charge in [0.25, 0.3) is 0 Å². The Hall–Kier alpha value is -4.88. The molecule has 0 saturated heterocycles. The van der Waals surface area contributed by atoms with Crippen molar-refractivity contribution in [1.29, 1.82) is 0 Å². The lowest BCUT2D eigenvalue weighted by atomic mass is 9.69. The Kier molecular flexibility index (Phi) is 4.92. The van der Waals surface area contributed by atoms with Crippen LogP contribution in [0.2, 0.25) is 0 Å². The normalized spacial score (nSPS) is 18.9. The average Bonchev–Trinajstić information content (AvgIpc) is 3.41. The molecule has 0 saturated carbocycles. The second-order valence-electron chi connectivity index (χ2n) is 11.5. The number of fused-ring (bicyclic) bond motifs is 8. The highest BCUT2D eigenvalue weighted by atomic mass is 16.3. The highest BCUT2D eigenvalue weighted by molar-refractivity contribution is 6.20. The van der Waals surface area contributed by atoms with Crippen molar-refractivity contribution in [1.82, 2.24) is 0 Å². The van der Waals surface area contributed by atoms with Crippen LogP contribution in [0.4, 0.5) is 0 Å². The van der Waals surface area contributed by atoms with E-state index in [-0.39, 0.29) is 0 Å². The SMILES string of the molecule is C1=CC2C(c3c4ccccc4c(-c4ccc5c6c(oc5c4)C=CCC6)c4ccccc34)=Cc3ccccc3C2C=C1. The summed E-state index contributed by atoms with van der Waals surface area (Å²) in [6, 6.07) is 33.7. The Labute approximate surface area is 239 Å². The topological polar surface area (TPSA) is 13.1 Å². The third-order valence-corrected chi connectivity index (χ3v) is 9.32. The number of furan rings is 1. The summed E-state index contributed by atoms with van der Waals surface area (Å²) in [5.41, 5.74) is 10.3. The van der Waals surface area contributed by atoms with Crippen molar-refractivity contribution in [3.05, 3.63) is 149 Å². The van der Waals surface area contributed by atoms with Crippen molar-refractivity contribution in [3.63, 3.8) is 0 Å². The summed E-state index contributed by atoms with van der Waals surface area (Å²) in [6.45, 7) is 0. The van der Waals surface area contributed by atoms with E-state index in [9.17, 15) is 0 Å². The van der Waals surface area contributed by atoms with Crippen molar-refractivity contribution in [2.45, 2.75) is 18.8 Å². The quantitative estimate of drug-likeness (QED) is 0.205. The van der Waals surface area contributed by atoms with Gasteiger partial charge in [-0.25, -0.2) is 0 Å². The lowest BCUT2D eigenvalue weighted by Crippen LogP contribution is -2.18. The van der Waals surface area contributed by atoms with Crippen molar-refractivity contribution in [2.24, 2.45) is 5.92 Å². The maximum absolute atomic E-state index is 6.38. The molecule has 6 aromatic rings. The first-order chi connectivity index (χ1) is 20.3. The maximum atomic E-state index is 6.38. The lowest BCUT2D eigenvalue weighted by Gasteiger charge is -2.34. The van der Waals surface area contributed by atoms with Gasteiger partial charge in [0.1, 0.15) is 11.3 Å². The smallest absolute Gasteiger partial charge is 0.135 e. The van der Waals surface area contributed by atoms with E-state index in [1.54, 1.807) is 0 Å².